The number of hydrogen-bond acceptors (Lipinski definition) is 3. The molecule has 0 aromatic heterocycles. The lowest BCUT2D eigenvalue weighted by atomic mass is 10.0. The molecule has 3 nitrogen and oxygen atoms in total. The second-order valence-corrected chi connectivity index (χ2v) is 5.73. The second-order valence-electron chi connectivity index (χ2n) is 5.73. The van der Waals surface area contributed by atoms with Crippen LogP contribution >= 0.6 is 0 Å². The molecule has 0 bridgehead atoms. The Hall–Kier alpha value is -1.13. The van der Waals surface area contributed by atoms with E-state index in [9.17, 15) is 9.50 Å². The maximum Gasteiger partial charge on any atom is 0.146 e. The van der Waals surface area contributed by atoms with Crippen molar-refractivity contribution in [2.75, 3.05) is 24.5 Å². The molecular weight excluding hydrogens is 255 g/mol. The third kappa shape index (κ3) is 3.30. The van der Waals surface area contributed by atoms with Gasteiger partial charge in [0.25, 0.3) is 0 Å². The summed E-state index contributed by atoms with van der Waals surface area (Å²) in [6.07, 6.45) is 0.600. The van der Waals surface area contributed by atoms with E-state index in [1.807, 2.05) is 37.8 Å². The fraction of sp³-hybridized carbons (Fsp3) is 0.625. The van der Waals surface area contributed by atoms with Gasteiger partial charge in [-0.1, -0.05) is 13.0 Å². The molecule has 4 heteroatoms. The third-order valence-corrected chi connectivity index (χ3v) is 4.23. The van der Waals surface area contributed by atoms with Gasteiger partial charge in [0.2, 0.25) is 0 Å². The Kier molecular flexibility index (Phi) is 5.00. The molecule has 20 heavy (non-hydrogen) atoms. The van der Waals surface area contributed by atoms with E-state index >= 15 is 0 Å². The molecule has 0 radical (unpaired) electrons. The molecule has 0 saturated carbocycles. The van der Waals surface area contributed by atoms with E-state index < -0.39 is 0 Å². The monoisotopic (exact) mass is 280 g/mol. The Balaban J connectivity index is 2.10. The summed E-state index contributed by atoms with van der Waals surface area (Å²) in [6, 6.07) is 5.63. The zero-order valence-electron chi connectivity index (χ0n) is 12.6. The van der Waals surface area contributed by atoms with Crippen LogP contribution in [-0.4, -0.2) is 30.8 Å². The van der Waals surface area contributed by atoms with Gasteiger partial charge in [-0.2, -0.15) is 0 Å². The van der Waals surface area contributed by atoms with Gasteiger partial charge in [0, 0.05) is 25.0 Å². The summed E-state index contributed by atoms with van der Waals surface area (Å²) in [5.41, 5.74) is 1.62. The first-order valence-corrected chi connectivity index (χ1v) is 7.48. The minimum Gasteiger partial charge on any atom is -0.393 e. The molecule has 2 N–H and O–H groups in total. The van der Waals surface area contributed by atoms with Crippen LogP contribution in [-0.2, 0) is 0 Å². The van der Waals surface area contributed by atoms with Crippen molar-refractivity contribution < 1.29 is 9.50 Å². The van der Waals surface area contributed by atoms with Crippen LogP contribution in [0.4, 0.5) is 10.1 Å². The number of aliphatic hydroxyl groups is 1. The Morgan fingerprint density at radius 1 is 1.45 bits per heavy atom. The van der Waals surface area contributed by atoms with Gasteiger partial charge in [-0.3, -0.25) is 0 Å². The zero-order valence-corrected chi connectivity index (χ0v) is 12.6. The number of nitrogens with zero attached hydrogens (tertiary/aromatic N) is 1. The van der Waals surface area contributed by atoms with E-state index in [4.69, 9.17) is 0 Å². The van der Waals surface area contributed by atoms with Crippen LogP contribution in [0.3, 0.4) is 0 Å². The standard InChI is InChI=1S/C16H25FN2O/c1-4-18-11(2)13-5-6-16(15(17)9-13)19-8-7-14(10-19)12(3)20/h5-6,9,11-12,14,18,20H,4,7-8,10H2,1-3H3. The van der Waals surface area contributed by atoms with E-state index in [0.717, 1.165) is 31.6 Å². The molecule has 0 amide bonds. The molecule has 1 aliphatic heterocycles. The van der Waals surface area contributed by atoms with Crippen LogP contribution in [0, 0.1) is 11.7 Å². The first kappa shape index (κ1) is 15.3. The molecule has 1 aliphatic rings. The van der Waals surface area contributed by atoms with Crippen molar-refractivity contribution in [3.8, 4) is 0 Å². The van der Waals surface area contributed by atoms with Crippen LogP contribution in [0.25, 0.3) is 0 Å². The highest BCUT2D eigenvalue weighted by Gasteiger charge is 2.27. The lowest BCUT2D eigenvalue weighted by Crippen LogP contribution is -2.25. The van der Waals surface area contributed by atoms with E-state index in [1.165, 1.54) is 0 Å². The molecule has 0 spiro atoms. The molecule has 1 heterocycles. The van der Waals surface area contributed by atoms with Crippen molar-refractivity contribution in [2.45, 2.75) is 39.3 Å². The average molecular weight is 280 g/mol. The lowest BCUT2D eigenvalue weighted by Gasteiger charge is -2.21. The fourth-order valence-corrected chi connectivity index (χ4v) is 2.87. The molecule has 1 saturated heterocycles. The summed E-state index contributed by atoms with van der Waals surface area (Å²) in [5.74, 6) is 0.0771. The van der Waals surface area contributed by atoms with Gasteiger partial charge in [-0.15, -0.1) is 0 Å². The van der Waals surface area contributed by atoms with Crippen LogP contribution in [0.15, 0.2) is 18.2 Å². The van der Waals surface area contributed by atoms with Gasteiger partial charge in [0.15, 0.2) is 0 Å². The van der Waals surface area contributed by atoms with E-state index in [1.54, 1.807) is 6.07 Å². The van der Waals surface area contributed by atoms with Gasteiger partial charge < -0.3 is 15.3 Å². The topological polar surface area (TPSA) is 35.5 Å². The van der Waals surface area contributed by atoms with Gasteiger partial charge in [0.1, 0.15) is 5.82 Å². The summed E-state index contributed by atoms with van der Waals surface area (Å²) in [4.78, 5) is 2.04. The van der Waals surface area contributed by atoms with Crippen molar-refractivity contribution in [1.29, 1.82) is 0 Å². The number of hydrogen-bond donors (Lipinski definition) is 2. The fourth-order valence-electron chi connectivity index (χ4n) is 2.87. The van der Waals surface area contributed by atoms with Crippen molar-refractivity contribution in [1.82, 2.24) is 5.32 Å². The maximum atomic E-state index is 14.3. The summed E-state index contributed by atoms with van der Waals surface area (Å²) in [5, 5.41) is 12.9. The SMILES string of the molecule is CCNC(C)c1ccc(N2CCC(C(C)O)C2)c(F)c1. The predicted molar refractivity (Wildman–Crippen MR) is 80.5 cm³/mol. The van der Waals surface area contributed by atoms with Gasteiger partial charge in [-0.25, -0.2) is 4.39 Å². The molecule has 112 valence electrons. The highest BCUT2D eigenvalue weighted by atomic mass is 19.1. The Morgan fingerprint density at radius 2 is 2.20 bits per heavy atom. The van der Waals surface area contributed by atoms with Gasteiger partial charge in [-0.05, 0) is 44.5 Å². The lowest BCUT2D eigenvalue weighted by molar-refractivity contribution is 0.136. The number of anilines is 1. The number of aliphatic hydroxyl groups excluding tert-OH is 1. The van der Waals surface area contributed by atoms with Crippen molar-refractivity contribution in [3.63, 3.8) is 0 Å². The van der Waals surface area contributed by atoms with Crippen molar-refractivity contribution >= 4 is 5.69 Å². The van der Waals surface area contributed by atoms with Crippen molar-refractivity contribution in [2.24, 2.45) is 5.92 Å². The predicted octanol–water partition coefficient (Wildman–Crippen LogP) is 2.70. The first-order valence-electron chi connectivity index (χ1n) is 7.48. The van der Waals surface area contributed by atoms with Crippen LogP contribution in [0.2, 0.25) is 0 Å². The van der Waals surface area contributed by atoms with E-state index in [-0.39, 0.29) is 23.9 Å². The summed E-state index contributed by atoms with van der Waals surface area (Å²) < 4.78 is 14.3. The van der Waals surface area contributed by atoms with Crippen LogP contribution < -0.4 is 10.2 Å². The first-order chi connectivity index (χ1) is 9.52. The molecular formula is C16H25FN2O. The van der Waals surface area contributed by atoms with Crippen LogP contribution in [0.1, 0.15) is 38.8 Å². The van der Waals surface area contributed by atoms with Gasteiger partial charge >= 0.3 is 0 Å². The number of halogens is 1. The maximum absolute atomic E-state index is 14.3. The molecule has 1 fully saturated rings. The van der Waals surface area contributed by atoms with Crippen molar-refractivity contribution in [3.05, 3.63) is 29.6 Å². The summed E-state index contributed by atoms with van der Waals surface area (Å²) in [6.45, 7) is 8.31. The van der Waals surface area contributed by atoms with E-state index in [2.05, 4.69) is 5.32 Å². The second kappa shape index (κ2) is 6.55. The Bertz CT molecular complexity index is 450. The number of benzene rings is 1. The molecule has 1 aromatic carbocycles. The number of rotatable bonds is 5. The Morgan fingerprint density at radius 3 is 2.75 bits per heavy atom. The normalized spacial score (nSPS) is 22.1. The minimum absolute atomic E-state index is 0.160. The summed E-state index contributed by atoms with van der Waals surface area (Å²) >= 11 is 0. The minimum atomic E-state index is -0.323. The molecule has 3 unspecified atom stereocenters. The number of nitrogens with one attached hydrogen (secondary N) is 1. The summed E-state index contributed by atoms with van der Waals surface area (Å²) in [7, 11) is 0. The third-order valence-electron chi connectivity index (χ3n) is 4.23. The largest absolute Gasteiger partial charge is 0.393 e. The molecule has 1 aromatic rings. The van der Waals surface area contributed by atoms with Gasteiger partial charge in [0.05, 0.1) is 11.8 Å². The smallest absolute Gasteiger partial charge is 0.146 e. The quantitative estimate of drug-likeness (QED) is 0.870. The van der Waals surface area contributed by atoms with Crippen LogP contribution in [0.5, 0.6) is 0 Å². The highest BCUT2D eigenvalue weighted by Crippen LogP contribution is 2.29. The molecule has 0 aliphatic carbocycles. The highest BCUT2D eigenvalue weighted by molar-refractivity contribution is 5.50. The average Bonchev–Trinajstić information content (AvgIpc) is 2.88. The van der Waals surface area contributed by atoms with E-state index in [0.29, 0.717) is 5.69 Å². The zero-order chi connectivity index (χ0) is 14.7. The Labute approximate surface area is 120 Å². The molecule has 3 atom stereocenters. The molecule has 2 rings (SSSR count).